The minimum Gasteiger partial charge on any atom is -0.396 e. The lowest BCUT2D eigenvalue weighted by Crippen LogP contribution is -2.25. The third-order valence-electron chi connectivity index (χ3n) is 2.99. The van der Waals surface area contributed by atoms with Gasteiger partial charge in [-0.1, -0.05) is 6.07 Å². The largest absolute Gasteiger partial charge is 0.396 e. The third kappa shape index (κ3) is 2.84. The first-order valence-corrected chi connectivity index (χ1v) is 8.26. The van der Waals surface area contributed by atoms with Crippen molar-refractivity contribution in [3.05, 3.63) is 45.4 Å². The molecule has 0 aliphatic heterocycles. The Bertz CT molecular complexity index is 725. The van der Waals surface area contributed by atoms with Crippen LogP contribution in [-0.4, -0.2) is 8.42 Å². The fraction of sp³-hybridized carbons (Fsp3) is 0.231. The summed E-state index contributed by atoms with van der Waals surface area (Å²) in [6.45, 7) is 3.26. The summed E-state index contributed by atoms with van der Waals surface area (Å²) in [5.41, 5.74) is 6.02. The lowest BCUT2D eigenvalue weighted by molar-refractivity contribution is 0.579. The van der Waals surface area contributed by atoms with Crippen molar-refractivity contribution in [2.45, 2.75) is 25.3 Å². The minimum atomic E-state index is -3.73. The Morgan fingerprint density at radius 1 is 1.40 bits per heavy atom. The van der Waals surface area contributed by atoms with Crippen LogP contribution in [0.25, 0.3) is 0 Å². The van der Waals surface area contributed by atoms with Gasteiger partial charge in [0.15, 0.2) is 0 Å². The number of sulfonamides is 1. The summed E-state index contributed by atoms with van der Waals surface area (Å²) < 4.78 is 40.7. The van der Waals surface area contributed by atoms with Crippen molar-refractivity contribution in [1.29, 1.82) is 0 Å². The Morgan fingerprint density at radius 2 is 2.10 bits per heavy atom. The van der Waals surface area contributed by atoms with Gasteiger partial charge in [0.1, 0.15) is 5.82 Å². The molecular weight excluding hydrogens is 299 g/mol. The highest BCUT2D eigenvalue weighted by Crippen LogP contribution is 2.27. The Kier molecular flexibility index (Phi) is 4.12. The predicted octanol–water partition coefficient (Wildman–Crippen LogP) is 2.56. The molecule has 7 heteroatoms. The zero-order chi connectivity index (χ0) is 14.9. The molecule has 0 spiro atoms. The Labute approximate surface area is 121 Å². The monoisotopic (exact) mass is 314 g/mol. The summed E-state index contributed by atoms with van der Waals surface area (Å²) in [7, 11) is -3.73. The molecule has 1 aromatic heterocycles. The van der Waals surface area contributed by atoms with Gasteiger partial charge in [-0.25, -0.2) is 17.5 Å². The van der Waals surface area contributed by atoms with E-state index in [1.54, 1.807) is 6.92 Å². The molecule has 0 bridgehead atoms. The molecule has 0 radical (unpaired) electrons. The number of nitrogens with two attached hydrogens (primary N) is 1. The maximum Gasteiger partial charge on any atom is 0.241 e. The molecule has 20 heavy (non-hydrogen) atoms. The molecule has 0 saturated carbocycles. The molecule has 0 saturated heterocycles. The normalized spacial score (nSPS) is 11.8. The molecule has 3 N–H and O–H groups in total. The van der Waals surface area contributed by atoms with Crippen LogP contribution in [0.1, 0.15) is 16.0 Å². The van der Waals surface area contributed by atoms with Crippen LogP contribution in [0.5, 0.6) is 0 Å². The van der Waals surface area contributed by atoms with Crippen LogP contribution in [0, 0.1) is 19.7 Å². The molecule has 0 atom stereocenters. The number of thiophene rings is 1. The molecule has 0 amide bonds. The molecule has 0 aliphatic carbocycles. The first-order valence-electron chi connectivity index (χ1n) is 5.90. The van der Waals surface area contributed by atoms with Gasteiger partial charge in [0, 0.05) is 11.4 Å². The number of hydrogen-bond acceptors (Lipinski definition) is 4. The van der Waals surface area contributed by atoms with Crippen LogP contribution >= 0.6 is 11.3 Å². The van der Waals surface area contributed by atoms with E-state index in [-0.39, 0.29) is 22.7 Å². The van der Waals surface area contributed by atoms with Gasteiger partial charge in [0.2, 0.25) is 10.0 Å². The quantitative estimate of drug-likeness (QED) is 0.852. The average Bonchev–Trinajstić information content (AvgIpc) is 2.86. The maximum absolute atomic E-state index is 13.5. The zero-order valence-corrected chi connectivity index (χ0v) is 12.7. The maximum atomic E-state index is 13.5. The van der Waals surface area contributed by atoms with Gasteiger partial charge >= 0.3 is 0 Å². The van der Waals surface area contributed by atoms with Crippen molar-refractivity contribution in [3.63, 3.8) is 0 Å². The molecule has 108 valence electrons. The number of benzene rings is 1. The summed E-state index contributed by atoms with van der Waals surface area (Å²) in [4.78, 5) is 0.951. The number of nitrogen functional groups attached to an aromatic ring is 1. The molecular formula is C13H15FN2O2S2. The van der Waals surface area contributed by atoms with E-state index in [0.717, 1.165) is 10.9 Å². The summed E-state index contributed by atoms with van der Waals surface area (Å²) in [6, 6.07) is 4.83. The fourth-order valence-electron chi connectivity index (χ4n) is 2.00. The standard InChI is InChI=1S/C13H15FN2O2S2/c1-8-6-11(14)12(15)9(2)13(8)20(17,18)16-7-10-4-3-5-19-10/h3-6,16H,7,15H2,1-2H3. The smallest absolute Gasteiger partial charge is 0.241 e. The summed E-state index contributed by atoms with van der Waals surface area (Å²) in [5, 5.41) is 1.87. The average molecular weight is 314 g/mol. The SMILES string of the molecule is Cc1cc(F)c(N)c(C)c1S(=O)(=O)NCc1cccs1. The highest BCUT2D eigenvalue weighted by atomic mass is 32.2. The van der Waals surface area contributed by atoms with Gasteiger partial charge in [-0.05, 0) is 42.5 Å². The van der Waals surface area contributed by atoms with E-state index in [9.17, 15) is 12.8 Å². The van der Waals surface area contributed by atoms with Crippen LogP contribution in [0.4, 0.5) is 10.1 Å². The second-order valence-corrected chi connectivity index (χ2v) is 7.18. The molecule has 2 rings (SSSR count). The van der Waals surface area contributed by atoms with Gasteiger partial charge in [0.25, 0.3) is 0 Å². The third-order valence-corrected chi connectivity index (χ3v) is 5.55. The first kappa shape index (κ1) is 15.0. The molecule has 0 fully saturated rings. The van der Waals surface area contributed by atoms with Crippen LogP contribution in [0.3, 0.4) is 0 Å². The highest BCUT2D eigenvalue weighted by molar-refractivity contribution is 7.89. The lowest BCUT2D eigenvalue weighted by Gasteiger charge is -2.14. The van der Waals surface area contributed by atoms with Gasteiger partial charge in [-0.2, -0.15) is 0 Å². The number of anilines is 1. The highest BCUT2D eigenvalue weighted by Gasteiger charge is 2.22. The van der Waals surface area contributed by atoms with E-state index < -0.39 is 15.8 Å². The van der Waals surface area contributed by atoms with E-state index in [2.05, 4.69) is 4.72 Å². The van der Waals surface area contributed by atoms with Crippen molar-refractivity contribution in [2.24, 2.45) is 0 Å². The summed E-state index contributed by atoms with van der Waals surface area (Å²) >= 11 is 1.46. The second-order valence-electron chi connectivity index (χ2n) is 4.45. The minimum absolute atomic E-state index is 0.0490. The molecule has 0 aliphatic rings. The topological polar surface area (TPSA) is 72.2 Å². The van der Waals surface area contributed by atoms with Gasteiger partial charge in [-0.15, -0.1) is 11.3 Å². The van der Waals surface area contributed by atoms with Crippen molar-refractivity contribution >= 4 is 27.0 Å². The van der Waals surface area contributed by atoms with Crippen molar-refractivity contribution in [3.8, 4) is 0 Å². The number of nitrogens with one attached hydrogen (secondary N) is 1. The summed E-state index contributed by atoms with van der Waals surface area (Å²) in [6.07, 6.45) is 0. The molecule has 1 heterocycles. The number of halogens is 1. The summed E-state index contributed by atoms with van der Waals surface area (Å²) in [5.74, 6) is -0.600. The van der Waals surface area contributed by atoms with Crippen LogP contribution in [0.15, 0.2) is 28.5 Å². The van der Waals surface area contributed by atoms with E-state index in [1.807, 2.05) is 17.5 Å². The van der Waals surface area contributed by atoms with Crippen LogP contribution < -0.4 is 10.5 Å². The van der Waals surface area contributed by atoms with Crippen molar-refractivity contribution in [2.75, 3.05) is 5.73 Å². The Hall–Kier alpha value is -1.44. The first-order chi connectivity index (χ1) is 9.33. The van der Waals surface area contributed by atoms with E-state index in [0.29, 0.717) is 5.56 Å². The van der Waals surface area contributed by atoms with Gasteiger partial charge in [0.05, 0.1) is 10.6 Å². The van der Waals surface area contributed by atoms with E-state index in [1.165, 1.54) is 18.3 Å². The number of hydrogen-bond donors (Lipinski definition) is 2. The fourth-order valence-corrected chi connectivity index (χ4v) is 4.22. The predicted molar refractivity (Wildman–Crippen MR) is 78.6 cm³/mol. The van der Waals surface area contributed by atoms with Gasteiger partial charge in [-0.3, -0.25) is 0 Å². The van der Waals surface area contributed by atoms with E-state index >= 15 is 0 Å². The molecule has 2 aromatic rings. The lowest BCUT2D eigenvalue weighted by atomic mass is 10.1. The zero-order valence-electron chi connectivity index (χ0n) is 11.1. The Balaban J connectivity index is 2.37. The van der Waals surface area contributed by atoms with E-state index in [4.69, 9.17) is 5.73 Å². The van der Waals surface area contributed by atoms with Crippen molar-refractivity contribution < 1.29 is 12.8 Å². The van der Waals surface area contributed by atoms with Gasteiger partial charge < -0.3 is 5.73 Å². The van der Waals surface area contributed by atoms with Crippen LogP contribution in [0.2, 0.25) is 0 Å². The molecule has 1 aromatic carbocycles. The number of rotatable bonds is 4. The molecule has 0 unspecified atom stereocenters. The second kappa shape index (κ2) is 5.51. The molecule has 4 nitrogen and oxygen atoms in total. The number of aryl methyl sites for hydroxylation is 1. The Morgan fingerprint density at radius 3 is 2.70 bits per heavy atom. The van der Waals surface area contributed by atoms with Crippen LogP contribution in [-0.2, 0) is 16.6 Å². The van der Waals surface area contributed by atoms with Crippen molar-refractivity contribution in [1.82, 2.24) is 4.72 Å².